The monoisotopic (exact) mass is 1030 g/mol. The molecule has 19 nitrogen and oxygen atoms in total. The SMILES string of the molecule is CC[C@H](C)[C@@H]([C@@H](CC(=O)N1CCC[C@H]1[C@H](OC)[C@@H](C)C(=O)C[C@@H](Cc1ccccc1)C(=O)NS(=O)(=O)CCCn1cc(CN2C(=O)C=CC2=O)nn1)OC)N(C)C(=O)[C@@H](CC(=O)[C@@H]1[C@H]2CC[C@H](C2)N1C)C(C)C. The lowest BCUT2D eigenvalue weighted by molar-refractivity contribution is -0.149. The van der Waals surface area contributed by atoms with Gasteiger partial charge in [0.05, 0.1) is 55.2 Å². The first kappa shape index (κ1) is 57.1. The molecule has 20 heteroatoms. The van der Waals surface area contributed by atoms with Crippen LogP contribution in [0.1, 0.15) is 110 Å². The maximum Gasteiger partial charge on any atom is 0.253 e. The van der Waals surface area contributed by atoms with E-state index in [1.165, 1.54) is 30.1 Å². The molecule has 1 saturated carbocycles. The molecular weight excluding hydrogens is 957 g/mol. The van der Waals surface area contributed by atoms with Gasteiger partial charge in [-0.15, -0.1) is 5.10 Å². The van der Waals surface area contributed by atoms with Crippen LogP contribution in [0.3, 0.4) is 0 Å². The van der Waals surface area contributed by atoms with Gasteiger partial charge in [-0.25, -0.2) is 8.42 Å². The lowest BCUT2D eigenvalue weighted by atomic mass is 9.83. The highest BCUT2D eigenvalue weighted by atomic mass is 32.2. The number of likely N-dealkylation sites (tertiary alicyclic amines) is 2. The van der Waals surface area contributed by atoms with E-state index in [9.17, 15) is 42.0 Å². The van der Waals surface area contributed by atoms with E-state index in [4.69, 9.17) is 9.47 Å². The molecule has 2 aromatic rings. The number of nitrogens with one attached hydrogen (secondary N) is 1. The van der Waals surface area contributed by atoms with Crippen molar-refractivity contribution in [1.82, 2.24) is 39.3 Å². The Kier molecular flexibility index (Phi) is 19.8. The number of methoxy groups -OCH3 is 2. The van der Waals surface area contributed by atoms with E-state index in [2.05, 4.69) is 19.9 Å². The Bertz CT molecular complexity index is 2410. The van der Waals surface area contributed by atoms with Gasteiger partial charge in [0.1, 0.15) is 11.5 Å². The molecule has 2 bridgehead atoms. The summed E-state index contributed by atoms with van der Waals surface area (Å²) in [5.41, 5.74) is 1.08. The molecule has 0 radical (unpaired) electrons. The fraction of sp³-hybridized carbons (Fsp3) is 0.679. The molecule has 1 aliphatic carbocycles. The van der Waals surface area contributed by atoms with Crippen LogP contribution in [0.4, 0.5) is 0 Å². The first-order valence-corrected chi connectivity index (χ1v) is 27.7. The number of piperidine rings is 1. The number of aromatic nitrogens is 3. The number of aryl methyl sites for hydroxylation is 1. The molecule has 1 aromatic heterocycles. The normalized spacial score (nSPS) is 22.9. The summed E-state index contributed by atoms with van der Waals surface area (Å²) in [5, 5.41) is 7.95. The summed E-state index contributed by atoms with van der Waals surface area (Å²) in [7, 11) is 2.66. The minimum Gasteiger partial charge on any atom is -0.379 e. The average Bonchev–Trinajstić information content (AvgIpc) is 4.23. The first-order chi connectivity index (χ1) is 34.7. The number of fused-ring (bicyclic) bond motifs is 2. The summed E-state index contributed by atoms with van der Waals surface area (Å²) < 4.78 is 42.4. The van der Waals surface area contributed by atoms with Gasteiger partial charge in [-0.2, -0.15) is 0 Å². The van der Waals surface area contributed by atoms with Crippen LogP contribution in [-0.2, 0) is 72.6 Å². The fourth-order valence-corrected chi connectivity index (χ4v) is 12.9. The van der Waals surface area contributed by atoms with E-state index >= 15 is 0 Å². The van der Waals surface area contributed by atoms with Crippen molar-refractivity contribution in [1.29, 1.82) is 0 Å². The summed E-state index contributed by atoms with van der Waals surface area (Å²) in [6.45, 7) is 10.2. The molecule has 4 heterocycles. The van der Waals surface area contributed by atoms with Crippen molar-refractivity contribution in [2.75, 3.05) is 40.6 Å². The Morgan fingerprint density at radius 2 is 1.63 bits per heavy atom. The molecule has 0 unspecified atom stereocenters. The molecule has 3 fully saturated rings. The molecule has 2 saturated heterocycles. The number of ketones is 2. The van der Waals surface area contributed by atoms with E-state index in [0.717, 1.165) is 29.7 Å². The number of carbonyl (C=O) groups is 7. The third-order valence-corrected chi connectivity index (χ3v) is 17.5. The summed E-state index contributed by atoms with van der Waals surface area (Å²) in [6, 6.07) is 8.32. The predicted octanol–water partition coefficient (Wildman–Crippen LogP) is 3.99. The van der Waals surface area contributed by atoms with Gasteiger partial charge in [-0.05, 0) is 75.3 Å². The first-order valence-electron chi connectivity index (χ1n) is 26.1. The van der Waals surface area contributed by atoms with Crippen LogP contribution in [0, 0.1) is 35.5 Å². The second-order valence-corrected chi connectivity index (χ2v) is 23.1. The minimum absolute atomic E-state index is 0.0335. The van der Waals surface area contributed by atoms with Gasteiger partial charge in [0.15, 0.2) is 5.78 Å². The number of sulfonamides is 1. The molecule has 6 rings (SSSR count). The third-order valence-electron chi connectivity index (χ3n) is 16.1. The van der Waals surface area contributed by atoms with E-state index in [1.54, 1.807) is 55.1 Å². The number of rotatable bonds is 28. The zero-order valence-corrected chi connectivity index (χ0v) is 45.0. The van der Waals surface area contributed by atoms with Crippen LogP contribution in [0.5, 0.6) is 0 Å². The van der Waals surface area contributed by atoms with Gasteiger partial charge in [-0.1, -0.05) is 76.6 Å². The zero-order chi connectivity index (χ0) is 53.3. The van der Waals surface area contributed by atoms with Crippen LogP contribution in [0.15, 0.2) is 48.7 Å². The van der Waals surface area contributed by atoms with E-state index in [0.29, 0.717) is 43.5 Å². The Morgan fingerprint density at radius 3 is 2.25 bits per heavy atom. The van der Waals surface area contributed by atoms with Gasteiger partial charge in [0.25, 0.3) is 11.8 Å². The average molecular weight is 1040 g/mol. The maximum atomic E-state index is 14.5. The van der Waals surface area contributed by atoms with E-state index in [1.807, 2.05) is 40.8 Å². The topological polar surface area (TPSA) is 228 Å². The summed E-state index contributed by atoms with van der Waals surface area (Å²) >= 11 is 0. The molecule has 402 valence electrons. The van der Waals surface area contributed by atoms with E-state index < -0.39 is 75.5 Å². The smallest absolute Gasteiger partial charge is 0.253 e. The number of likely N-dealkylation sites (N-methyl/N-ethyl adjacent to an activating group) is 2. The number of hydrogen-bond acceptors (Lipinski definition) is 14. The fourth-order valence-electron chi connectivity index (χ4n) is 11.8. The number of benzene rings is 1. The highest BCUT2D eigenvalue weighted by Crippen LogP contribution is 2.43. The van der Waals surface area contributed by atoms with Crippen molar-refractivity contribution in [2.24, 2.45) is 35.5 Å². The standard InChI is InChI=1S/C53H78N8O11S/c1-10-34(4)49(58(7)53(68)41(33(2)3)29-44(63)50-37-19-20-40(27-37)57(50)6)45(71-8)30-48(66)60-24-14-18-42(60)51(72-9)35(5)43(62)28-38(26-36-16-12-11-13-17-36)52(67)55-73(69,70)25-15-23-59-31-39(54-56-59)32-61-46(64)21-22-47(61)65/h11-13,16-17,21-22,31,33-35,37-38,40-42,45,49-51H,10,14-15,18-20,23-30,32H2,1-9H3,(H,55,67)/t34-,35-,37-,38+,40+,41-,42-,45+,49-,50-,51+/m0/s1. The van der Waals surface area contributed by atoms with Crippen LogP contribution in [0.25, 0.3) is 0 Å². The van der Waals surface area contributed by atoms with Gasteiger partial charge >= 0.3 is 0 Å². The highest BCUT2D eigenvalue weighted by molar-refractivity contribution is 7.90. The molecule has 3 aliphatic heterocycles. The minimum atomic E-state index is -4.17. The molecular formula is C53H78N8O11S. The molecule has 11 atom stereocenters. The Hall–Kier alpha value is -5.18. The second kappa shape index (κ2) is 25.4. The second-order valence-electron chi connectivity index (χ2n) is 21.2. The van der Waals surface area contributed by atoms with Crippen molar-refractivity contribution < 1.29 is 51.5 Å². The number of amides is 5. The van der Waals surface area contributed by atoms with Crippen molar-refractivity contribution in [3.8, 4) is 0 Å². The highest BCUT2D eigenvalue weighted by Gasteiger charge is 2.49. The van der Waals surface area contributed by atoms with Crippen LogP contribution < -0.4 is 4.72 Å². The van der Waals surface area contributed by atoms with Gasteiger partial charge in [0, 0.05) is 83.1 Å². The quantitative estimate of drug-likeness (QED) is 0.119. The molecule has 5 amide bonds. The largest absolute Gasteiger partial charge is 0.379 e. The van der Waals surface area contributed by atoms with Gasteiger partial charge < -0.3 is 19.3 Å². The lowest BCUT2D eigenvalue weighted by Gasteiger charge is -2.41. The van der Waals surface area contributed by atoms with Gasteiger partial charge in [0.2, 0.25) is 27.7 Å². The van der Waals surface area contributed by atoms with E-state index in [-0.39, 0.29) is 86.5 Å². The van der Waals surface area contributed by atoms with Crippen LogP contribution in [0.2, 0.25) is 0 Å². The molecule has 4 aliphatic rings. The number of hydrogen-bond donors (Lipinski definition) is 1. The number of imide groups is 1. The molecule has 0 spiro atoms. The Morgan fingerprint density at radius 1 is 0.932 bits per heavy atom. The molecule has 1 N–H and O–H groups in total. The summed E-state index contributed by atoms with van der Waals surface area (Å²) in [4.78, 5) is 102. The molecule has 73 heavy (non-hydrogen) atoms. The lowest BCUT2D eigenvalue weighted by Crippen LogP contribution is -2.54. The van der Waals surface area contributed by atoms with Gasteiger partial charge in [-0.3, -0.25) is 52.8 Å². The number of ether oxygens (including phenoxy) is 2. The third kappa shape index (κ3) is 14.0. The molecule has 1 aromatic carbocycles. The Labute approximate surface area is 431 Å². The van der Waals surface area contributed by atoms with Crippen molar-refractivity contribution in [3.63, 3.8) is 0 Å². The maximum absolute atomic E-state index is 14.5. The number of carbonyl (C=O) groups excluding carboxylic acids is 7. The van der Waals surface area contributed by atoms with Crippen molar-refractivity contribution >= 4 is 51.1 Å². The predicted molar refractivity (Wildman–Crippen MR) is 271 cm³/mol. The number of Topliss-reactive ketones (excluding diaryl/α,β-unsaturated/α-hetero) is 2. The Balaban J connectivity index is 1.08. The zero-order valence-electron chi connectivity index (χ0n) is 44.2. The van der Waals surface area contributed by atoms with Crippen molar-refractivity contribution in [2.45, 2.75) is 155 Å². The summed E-state index contributed by atoms with van der Waals surface area (Å²) in [6.07, 6.45) is 7.52. The van der Waals surface area contributed by atoms with Crippen molar-refractivity contribution in [3.05, 3.63) is 59.9 Å². The van der Waals surface area contributed by atoms with Crippen LogP contribution >= 0.6 is 0 Å². The van der Waals surface area contributed by atoms with Crippen LogP contribution in [-0.4, -0.2) is 161 Å². The summed E-state index contributed by atoms with van der Waals surface area (Å²) in [5.74, 6) is -4.92. The number of nitrogens with zero attached hydrogens (tertiary/aromatic N) is 7.